The topological polar surface area (TPSA) is 133 Å². The second kappa shape index (κ2) is 11.6. The van der Waals surface area contributed by atoms with Crippen molar-refractivity contribution in [2.75, 3.05) is 13.1 Å². The molecule has 0 spiro atoms. The molecule has 9 heteroatoms. The third-order valence-corrected chi connectivity index (χ3v) is 4.79. The van der Waals surface area contributed by atoms with Gasteiger partial charge in [-0.05, 0) is 31.5 Å². The zero-order valence-electron chi connectivity index (χ0n) is 16.4. The van der Waals surface area contributed by atoms with Crippen LogP contribution in [0.1, 0.15) is 24.0 Å². The van der Waals surface area contributed by atoms with Crippen LogP contribution in [-0.4, -0.2) is 51.1 Å². The molecule has 2 aromatic carbocycles. The van der Waals surface area contributed by atoms with E-state index < -0.39 is 11.9 Å². The van der Waals surface area contributed by atoms with Crippen LogP contribution in [0.3, 0.4) is 0 Å². The SMILES string of the molecule is O=C(O)C(=O)O.O=[N+]([O-])c1ccccc1CNC1CCN(Cc2ccccc2)CC1. The van der Waals surface area contributed by atoms with E-state index in [9.17, 15) is 10.1 Å². The zero-order valence-corrected chi connectivity index (χ0v) is 16.4. The Morgan fingerprint density at radius 3 is 2.13 bits per heavy atom. The second-order valence-electron chi connectivity index (χ2n) is 6.91. The molecule has 0 amide bonds. The molecule has 3 rings (SSSR count). The van der Waals surface area contributed by atoms with E-state index in [0.29, 0.717) is 12.6 Å². The molecule has 30 heavy (non-hydrogen) atoms. The smallest absolute Gasteiger partial charge is 0.414 e. The average Bonchev–Trinajstić information content (AvgIpc) is 2.74. The molecule has 0 bridgehead atoms. The van der Waals surface area contributed by atoms with E-state index in [-0.39, 0.29) is 10.6 Å². The van der Waals surface area contributed by atoms with Gasteiger partial charge in [0.05, 0.1) is 4.92 Å². The number of para-hydroxylation sites is 1. The lowest BCUT2D eigenvalue weighted by Crippen LogP contribution is -2.41. The van der Waals surface area contributed by atoms with Crippen molar-refractivity contribution in [2.24, 2.45) is 0 Å². The summed E-state index contributed by atoms with van der Waals surface area (Å²) in [7, 11) is 0. The van der Waals surface area contributed by atoms with Crippen LogP contribution in [0.5, 0.6) is 0 Å². The van der Waals surface area contributed by atoms with Gasteiger partial charge in [0.25, 0.3) is 5.69 Å². The minimum absolute atomic E-state index is 0.200. The number of nitrogens with one attached hydrogen (secondary N) is 1. The first kappa shape index (κ1) is 23.0. The molecule has 1 saturated heterocycles. The molecule has 1 heterocycles. The van der Waals surface area contributed by atoms with Crippen LogP contribution < -0.4 is 5.32 Å². The van der Waals surface area contributed by atoms with Gasteiger partial charge in [-0.3, -0.25) is 15.0 Å². The number of carboxylic acids is 2. The van der Waals surface area contributed by atoms with E-state index in [4.69, 9.17) is 19.8 Å². The number of carbonyl (C=O) groups is 2. The Hall–Kier alpha value is -3.30. The van der Waals surface area contributed by atoms with Crippen molar-refractivity contribution >= 4 is 17.6 Å². The summed E-state index contributed by atoms with van der Waals surface area (Å²) in [6.07, 6.45) is 2.15. The number of piperidine rings is 1. The van der Waals surface area contributed by atoms with E-state index in [1.54, 1.807) is 12.1 Å². The van der Waals surface area contributed by atoms with Crippen molar-refractivity contribution in [2.45, 2.75) is 32.0 Å². The minimum atomic E-state index is -1.82. The molecule has 0 aromatic heterocycles. The molecule has 0 radical (unpaired) electrons. The maximum atomic E-state index is 11.1. The summed E-state index contributed by atoms with van der Waals surface area (Å²) >= 11 is 0. The number of nitro groups is 1. The molecule has 3 N–H and O–H groups in total. The van der Waals surface area contributed by atoms with E-state index >= 15 is 0 Å². The van der Waals surface area contributed by atoms with E-state index in [0.717, 1.165) is 38.0 Å². The fraction of sp³-hybridized carbons (Fsp3) is 0.333. The van der Waals surface area contributed by atoms with Gasteiger partial charge >= 0.3 is 11.9 Å². The number of hydrogen-bond donors (Lipinski definition) is 3. The Labute approximate surface area is 174 Å². The Balaban J connectivity index is 0.000000469. The van der Waals surface area contributed by atoms with Crippen LogP contribution in [0.25, 0.3) is 0 Å². The summed E-state index contributed by atoms with van der Waals surface area (Å²) in [5.74, 6) is -3.65. The van der Waals surface area contributed by atoms with Crippen LogP contribution in [0.15, 0.2) is 54.6 Å². The zero-order chi connectivity index (χ0) is 21.9. The van der Waals surface area contributed by atoms with Crippen LogP contribution in [0.4, 0.5) is 5.69 Å². The third kappa shape index (κ3) is 7.61. The van der Waals surface area contributed by atoms with Gasteiger partial charge in [0.2, 0.25) is 0 Å². The summed E-state index contributed by atoms with van der Waals surface area (Å²) in [5, 5.41) is 29.3. The maximum absolute atomic E-state index is 11.1. The van der Waals surface area contributed by atoms with E-state index in [1.807, 2.05) is 18.2 Å². The highest BCUT2D eigenvalue weighted by Gasteiger charge is 2.20. The van der Waals surface area contributed by atoms with Crippen molar-refractivity contribution in [1.82, 2.24) is 10.2 Å². The van der Waals surface area contributed by atoms with Crippen molar-refractivity contribution in [1.29, 1.82) is 0 Å². The molecule has 1 aliphatic rings. The Morgan fingerprint density at radius 1 is 1.00 bits per heavy atom. The van der Waals surface area contributed by atoms with Gasteiger partial charge in [-0.15, -0.1) is 0 Å². The molecular weight excluding hydrogens is 390 g/mol. The molecule has 0 unspecified atom stereocenters. The lowest BCUT2D eigenvalue weighted by atomic mass is 10.0. The van der Waals surface area contributed by atoms with Crippen molar-refractivity contribution in [3.8, 4) is 0 Å². The van der Waals surface area contributed by atoms with Crippen LogP contribution in [0.2, 0.25) is 0 Å². The Bertz CT molecular complexity index is 839. The van der Waals surface area contributed by atoms with Gasteiger partial charge < -0.3 is 15.5 Å². The fourth-order valence-corrected chi connectivity index (χ4v) is 3.23. The van der Waals surface area contributed by atoms with Gasteiger partial charge in [-0.25, -0.2) is 9.59 Å². The monoisotopic (exact) mass is 415 g/mol. The predicted octanol–water partition coefficient (Wildman–Crippen LogP) is 2.50. The number of nitro benzene ring substituents is 1. The lowest BCUT2D eigenvalue weighted by Gasteiger charge is -2.32. The van der Waals surface area contributed by atoms with Crippen molar-refractivity contribution in [3.05, 3.63) is 75.8 Å². The maximum Gasteiger partial charge on any atom is 0.414 e. The first-order chi connectivity index (χ1) is 14.4. The molecule has 0 aliphatic carbocycles. The van der Waals surface area contributed by atoms with Gasteiger partial charge in [0.15, 0.2) is 0 Å². The first-order valence-corrected chi connectivity index (χ1v) is 9.55. The number of rotatable bonds is 6. The number of nitrogens with zero attached hydrogens (tertiary/aromatic N) is 2. The van der Waals surface area contributed by atoms with Crippen LogP contribution in [0, 0.1) is 10.1 Å². The lowest BCUT2D eigenvalue weighted by molar-refractivity contribution is -0.385. The third-order valence-electron chi connectivity index (χ3n) is 4.79. The molecule has 9 nitrogen and oxygen atoms in total. The summed E-state index contributed by atoms with van der Waals surface area (Å²) in [6.45, 7) is 3.67. The highest BCUT2D eigenvalue weighted by atomic mass is 16.6. The van der Waals surface area contributed by atoms with Gasteiger partial charge in [-0.2, -0.15) is 0 Å². The average molecular weight is 415 g/mol. The highest BCUT2D eigenvalue weighted by molar-refractivity contribution is 6.27. The largest absolute Gasteiger partial charge is 0.473 e. The molecule has 2 aromatic rings. The van der Waals surface area contributed by atoms with Crippen LogP contribution >= 0.6 is 0 Å². The van der Waals surface area contributed by atoms with Gasteiger partial charge in [0.1, 0.15) is 0 Å². The summed E-state index contributed by atoms with van der Waals surface area (Å²) < 4.78 is 0. The second-order valence-corrected chi connectivity index (χ2v) is 6.91. The molecular formula is C21H25N3O6. The van der Waals surface area contributed by atoms with Gasteiger partial charge in [0, 0.05) is 30.8 Å². The number of carboxylic acid groups (broad SMARTS) is 2. The fourth-order valence-electron chi connectivity index (χ4n) is 3.23. The van der Waals surface area contributed by atoms with E-state index in [2.05, 4.69) is 34.5 Å². The summed E-state index contributed by atoms with van der Waals surface area (Å²) in [6, 6.07) is 17.9. The quantitative estimate of drug-likeness (QED) is 0.372. The summed E-state index contributed by atoms with van der Waals surface area (Å²) in [5.41, 5.74) is 2.31. The van der Waals surface area contributed by atoms with Crippen molar-refractivity contribution in [3.63, 3.8) is 0 Å². The van der Waals surface area contributed by atoms with Gasteiger partial charge in [-0.1, -0.05) is 48.5 Å². The molecule has 0 atom stereocenters. The number of hydrogen-bond acceptors (Lipinski definition) is 6. The summed E-state index contributed by atoms with van der Waals surface area (Å²) in [4.78, 5) is 31.4. The molecule has 160 valence electrons. The number of likely N-dealkylation sites (tertiary alicyclic amines) is 1. The Morgan fingerprint density at radius 2 is 1.57 bits per heavy atom. The predicted molar refractivity (Wildman–Crippen MR) is 110 cm³/mol. The Kier molecular flexibility index (Phi) is 8.92. The molecule has 1 aliphatic heterocycles. The molecule has 1 fully saturated rings. The molecule has 0 saturated carbocycles. The normalized spacial score (nSPS) is 14.4. The first-order valence-electron chi connectivity index (χ1n) is 9.55. The standard InChI is InChI=1S/C19H23N3O2.C2H2O4/c23-22(24)19-9-5-4-8-17(19)14-20-18-10-12-21(13-11-18)15-16-6-2-1-3-7-16;3-1(4)2(5)6/h1-9,18,20H,10-15H2;(H,3,4)(H,5,6). The minimum Gasteiger partial charge on any atom is -0.473 e. The van der Waals surface area contributed by atoms with Crippen LogP contribution in [-0.2, 0) is 22.7 Å². The van der Waals surface area contributed by atoms with E-state index in [1.165, 1.54) is 5.56 Å². The van der Waals surface area contributed by atoms with Crippen molar-refractivity contribution < 1.29 is 24.7 Å². The number of aliphatic carboxylic acids is 2. The highest BCUT2D eigenvalue weighted by Crippen LogP contribution is 2.19. The number of benzene rings is 2.